The summed E-state index contributed by atoms with van der Waals surface area (Å²) < 4.78 is 0. The van der Waals surface area contributed by atoms with Crippen LogP contribution in [-0.4, -0.2) is 31.6 Å². The molecule has 1 unspecified atom stereocenters. The van der Waals surface area contributed by atoms with Crippen LogP contribution in [0.4, 0.5) is 0 Å². The zero-order chi connectivity index (χ0) is 7.40. The summed E-state index contributed by atoms with van der Waals surface area (Å²) in [6.45, 7) is 3.16. The fourth-order valence-electron chi connectivity index (χ4n) is 1.38. The minimum absolute atomic E-state index is 0.685. The molecule has 1 aliphatic heterocycles. The standard InChI is InChI=1S/C7H13N3/c1-10-3-2-7(5-10)4-9-6-8/h7,9H,2-5H2,1H3. The molecule has 56 valence electrons. The first-order valence-electron chi connectivity index (χ1n) is 3.63. The van der Waals surface area contributed by atoms with E-state index in [1.54, 1.807) is 0 Å². The topological polar surface area (TPSA) is 39.1 Å². The predicted molar refractivity (Wildman–Crippen MR) is 39.2 cm³/mol. The number of hydrogen-bond donors (Lipinski definition) is 1. The summed E-state index contributed by atoms with van der Waals surface area (Å²) in [6.07, 6.45) is 3.17. The van der Waals surface area contributed by atoms with E-state index in [1.165, 1.54) is 13.0 Å². The summed E-state index contributed by atoms with van der Waals surface area (Å²) in [5, 5.41) is 10.9. The summed E-state index contributed by atoms with van der Waals surface area (Å²) in [7, 11) is 2.12. The normalized spacial score (nSPS) is 26.2. The van der Waals surface area contributed by atoms with Crippen molar-refractivity contribution in [2.45, 2.75) is 6.42 Å². The van der Waals surface area contributed by atoms with Gasteiger partial charge in [0.05, 0.1) is 0 Å². The van der Waals surface area contributed by atoms with Gasteiger partial charge in [0.15, 0.2) is 6.19 Å². The highest BCUT2D eigenvalue weighted by atomic mass is 15.1. The summed E-state index contributed by atoms with van der Waals surface area (Å²) in [5.74, 6) is 0.685. The van der Waals surface area contributed by atoms with Crippen molar-refractivity contribution in [2.24, 2.45) is 5.92 Å². The Bertz CT molecular complexity index is 138. The van der Waals surface area contributed by atoms with Crippen LogP contribution in [0.25, 0.3) is 0 Å². The van der Waals surface area contributed by atoms with Crippen molar-refractivity contribution in [1.82, 2.24) is 10.2 Å². The van der Waals surface area contributed by atoms with Crippen molar-refractivity contribution in [3.63, 3.8) is 0 Å². The molecule has 1 heterocycles. The van der Waals surface area contributed by atoms with E-state index < -0.39 is 0 Å². The molecule has 0 aliphatic carbocycles. The first-order chi connectivity index (χ1) is 4.83. The van der Waals surface area contributed by atoms with Crippen molar-refractivity contribution in [3.05, 3.63) is 0 Å². The van der Waals surface area contributed by atoms with Crippen molar-refractivity contribution < 1.29 is 0 Å². The molecule has 0 aromatic carbocycles. The molecule has 0 bridgehead atoms. The molecule has 0 amide bonds. The molecule has 1 saturated heterocycles. The molecule has 10 heavy (non-hydrogen) atoms. The summed E-state index contributed by atoms with van der Waals surface area (Å²) in [4.78, 5) is 2.30. The first-order valence-corrected chi connectivity index (χ1v) is 3.63. The molecule has 1 fully saturated rings. The average molecular weight is 139 g/mol. The highest BCUT2D eigenvalue weighted by molar-refractivity contribution is 4.77. The highest BCUT2D eigenvalue weighted by Gasteiger charge is 2.18. The number of likely N-dealkylation sites (tertiary alicyclic amines) is 1. The Morgan fingerprint density at radius 3 is 3.10 bits per heavy atom. The Balaban J connectivity index is 2.14. The van der Waals surface area contributed by atoms with Gasteiger partial charge in [-0.15, -0.1) is 0 Å². The van der Waals surface area contributed by atoms with E-state index in [0.29, 0.717) is 5.92 Å². The lowest BCUT2D eigenvalue weighted by Crippen LogP contribution is -2.21. The molecule has 0 aromatic rings. The number of nitrogens with zero attached hydrogens (tertiary/aromatic N) is 2. The van der Waals surface area contributed by atoms with Gasteiger partial charge in [-0.25, -0.2) is 0 Å². The highest BCUT2D eigenvalue weighted by Crippen LogP contribution is 2.12. The molecule has 1 N–H and O–H groups in total. The van der Waals surface area contributed by atoms with Gasteiger partial charge in [-0.3, -0.25) is 0 Å². The van der Waals surface area contributed by atoms with Gasteiger partial charge in [-0.1, -0.05) is 0 Å². The second-order valence-electron chi connectivity index (χ2n) is 2.91. The Hall–Kier alpha value is -0.750. The number of hydrogen-bond acceptors (Lipinski definition) is 3. The Morgan fingerprint density at radius 1 is 1.80 bits per heavy atom. The smallest absolute Gasteiger partial charge is 0.176 e. The number of nitriles is 1. The fourth-order valence-corrected chi connectivity index (χ4v) is 1.38. The Kier molecular flexibility index (Phi) is 2.52. The zero-order valence-corrected chi connectivity index (χ0v) is 6.30. The zero-order valence-electron chi connectivity index (χ0n) is 6.30. The van der Waals surface area contributed by atoms with E-state index in [-0.39, 0.29) is 0 Å². The second kappa shape index (κ2) is 3.43. The second-order valence-corrected chi connectivity index (χ2v) is 2.91. The third-order valence-electron chi connectivity index (χ3n) is 1.96. The summed E-state index contributed by atoms with van der Waals surface area (Å²) in [5.41, 5.74) is 0. The van der Waals surface area contributed by atoms with E-state index in [0.717, 1.165) is 13.1 Å². The molecule has 0 radical (unpaired) electrons. The maximum absolute atomic E-state index is 8.22. The van der Waals surface area contributed by atoms with Crippen molar-refractivity contribution in [1.29, 1.82) is 5.26 Å². The lowest BCUT2D eigenvalue weighted by molar-refractivity contribution is 0.393. The summed E-state index contributed by atoms with van der Waals surface area (Å²) >= 11 is 0. The fraction of sp³-hybridized carbons (Fsp3) is 0.857. The predicted octanol–water partition coefficient (Wildman–Crippen LogP) is 0.00878. The van der Waals surface area contributed by atoms with Crippen molar-refractivity contribution in [2.75, 3.05) is 26.7 Å². The van der Waals surface area contributed by atoms with Gasteiger partial charge in [-0.2, -0.15) is 5.26 Å². The van der Waals surface area contributed by atoms with Gasteiger partial charge in [-0.05, 0) is 25.9 Å². The van der Waals surface area contributed by atoms with E-state index in [2.05, 4.69) is 17.3 Å². The van der Waals surface area contributed by atoms with Gasteiger partial charge in [0.2, 0.25) is 0 Å². The Labute approximate surface area is 61.6 Å². The molecule has 1 rings (SSSR count). The van der Waals surface area contributed by atoms with E-state index >= 15 is 0 Å². The SMILES string of the molecule is CN1CCC(CNC#N)C1. The number of nitrogens with one attached hydrogen (secondary N) is 1. The molecule has 0 aromatic heterocycles. The minimum atomic E-state index is 0.685. The molecule has 3 nitrogen and oxygen atoms in total. The van der Waals surface area contributed by atoms with E-state index in [9.17, 15) is 0 Å². The van der Waals surface area contributed by atoms with Crippen LogP contribution in [0, 0.1) is 17.4 Å². The molecular formula is C7H13N3. The third-order valence-corrected chi connectivity index (χ3v) is 1.96. The van der Waals surface area contributed by atoms with Crippen LogP contribution in [0.3, 0.4) is 0 Å². The lowest BCUT2D eigenvalue weighted by Gasteiger charge is -2.07. The molecule has 3 heteroatoms. The van der Waals surface area contributed by atoms with Crippen LogP contribution < -0.4 is 5.32 Å². The maximum Gasteiger partial charge on any atom is 0.176 e. The van der Waals surface area contributed by atoms with E-state index in [1.807, 2.05) is 6.19 Å². The van der Waals surface area contributed by atoms with Gasteiger partial charge in [0.25, 0.3) is 0 Å². The van der Waals surface area contributed by atoms with Crippen LogP contribution in [0.5, 0.6) is 0 Å². The van der Waals surface area contributed by atoms with Crippen LogP contribution in [-0.2, 0) is 0 Å². The molecular weight excluding hydrogens is 126 g/mol. The molecule has 1 atom stereocenters. The Morgan fingerprint density at radius 2 is 2.60 bits per heavy atom. The molecule has 0 saturated carbocycles. The molecule has 0 spiro atoms. The first kappa shape index (κ1) is 7.36. The van der Waals surface area contributed by atoms with Crippen LogP contribution in [0.15, 0.2) is 0 Å². The van der Waals surface area contributed by atoms with Crippen molar-refractivity contribution >= 4 is 0 Å². The van der Waals surface area contributed by atoms with Gasteiger partial charge in [0, 0.05) is 13.1 Å². The average Bonchev–Trinajstić information content (AvgIpc) is 2.31. The third kappa shape index (κ3) is 1.89. The number of rotatable bonds is 2. The maximum atomic E-state index is 8.22. The van der Waals surface area contributed by atoms with Crippen LogP contribution in [0.1, 0.15) is 6.42 Å². The van der Waals surface area contributed by atoms with Gasteiger partial charge >= 0.3 is 0 Å². The monoisotopic (exact) mass is 139 g/mol. The van der Waals surface area contributed by atoms with Crippen LogP contribution in [0.2, 0.25) is 0 Å². The van der Waals surface area contributed by atoms with Crippen molar-refractivity contribution in [3.8, 4) is 6.19 Å². The quantitative estimate of drug-likeness (QED) is 0.432. The largest absolute Gasteiger partial charge is 0.324 e. The summed E-state index contributed by atoms with van der Waals surface area (Å²) in [6, 6.07) is 0. The van der Waals surface area contributed by atoms with Gasteiger partial charge in [0.1, 0.15) is 0 Å². The molecule has 1 aliphatic rings. The minimum Gasteiger partial charge on any atom is -0.324 e. The van der Waals surface area contributed by atoms with E-state index in [4.69, 9.17) is 5.26 Å². The van der Waals surface area contributed by atoms with Gasteiger partial charge < -0.3 is 10.2 Å². The van der Waals surface area contributed by atoms with Crippen LogP contribution >= 0.6 is 0 Å². The lowest BCUT2D eigenvalue weighted by atomic mass is 10.1.